The predicted molar refractivity (Wildman–Crippen MR) is 80.5 cm³/mol. The minimum Gasteiger partial charge on any atom is -0.396 e. The quantitative estimate of drug-likeness (QED) is 0.850. The van der Waals surface area contributed by atoms with Gasteiger partial charge in [-0.3, -0.25) is 0 Å². The minimum atomic E-state index is 0.184. The summed E-state index contributed by atoms with van der Waals surface area (Å²) in [6.45, 7) is 4.58. The van der Waals surface area contributed by atoms with Crippen molar-refractivity contribution in [2.45, 2.75) is 32.1 Å². The van der Waals surface area contributed by atoms with Crippen molar-refractivity contribution in [3.63, 3.8) is 0 Å². The highest BCUT2D eigenvalue weighted by molar-refractivity contribution is 5.29. The Morgan fingerprint density at radius 1 is 0.842 bits per heavy atom. The van der Waals surface area contributed by atoms with Crippen molar-refractivity contribution in [2.75, 3.05) is 6.61 Å². The van der Waals surface area contributed by atoms with Gasteiger partial charge in [-0.25, -0.2) is 0 Å². The van der Waals surface area contributed by atoms with Crippen molar-refractivity contribution in [3.05, 3.63) is 71.3 Å². The fourth-order valence-electron chi connectivity index (χ4n) is 2.34. The molecule has 1 atom stereocenters. The lowest BCUT2D eigenvalue weighted by Crippen LogP contribution is -2.08. The van der Waals surface area contributed by atoms with Gasteiger partial charge in [0, 0.05) is 5.92 Å². The van der Waals surface area contributed by atoms with Crippen LogP contribution >= 0.6 is 0 Å². The molecule has 0 heterocycles. The molecule has 1 unspecified atom stereocenters. The van der Waals surface area contributed by atoms with Gasteiger partial charge in [0.2, 0.25) is 0 Å². The Bertz CT molecular complexity index is 485. The second-order valence-electron chi connectivity index (χ2n) is 5.39. The van der Waals surface area contributed by atoms with Gasteiger partial charge in [-0.05, 0) is 29.0 Å². The average Bonchev–Trinajstić information content (AvgIpc) is 2.46. The number of aliphatic hydroxyl groups excluding tert-OH is 1. The van der Waals surface area contributed by atoms with Crippen LogP contribution in [0.3, 0.4) is 0 Å². The number of hydrogen-bond donors (Lipinski definition) is 1. The summed E-state index contributed by atoms with van der Waals surface area (Å²) < 4.78 is 0. The summed E-state index contributed by atoms with van der Waals surface area (Å²) in [4.78, 5) is 0. The summed E-state index contributed by atoms with van der Waals surface area (Å²) in [6, 6.07) is 19.0. The summed E-state index contributed by atoms with van der Waals surface area (Å²) in [5, 5.41) is 9.62. The van der Waals surface area contributed by atoms with E-state index in [9.17, 15) is 5.11 Å². The summed E-state index contributed by atoms with van der Waals surface area (Å²) in [5.74, 6) is 0.736. The van der Waals surface area contributed by atoms with E-state index in [0.717, 1.165) is 6.42 Å². The van der Waals surface area contributed by atoms with Crippen molar-refractivity contribution in [1.82, 2.24) is 0 Å². The van der Waals surface area contributed by atoms with Gasteiger partial charge in [-0.2, -0.15) is 0 Å². The molecule has 0 aliphatic carbocycles. The number of benzene rings is 2. The van der Waals surface area contributed by atoms with Crippen LogP contribution in [0.2, 0.25) is 0 Å². The van der Waals surface area contributed by atoms with Crippen molar-refractivity contribution in [3.8, 4) is 0 Å². The van der Waals surface area contributed by atoms with Crippen molar-refractivity contribution in [2.24, 2.45) is 0 Å². The molecule has 2 aromatic rings. The maximum atomic E-state index is 9.62. The molecule has 1 heteroatoms. The van der Waals surface area contributed by atoms with Gasteiger partial charge in [0.25, 0.3) is 0 Å². The van der Waals surface area contributed by atoms with E-state index >= 15 is 0 Å². The first-order chi connectivity index (χ1) is 9.20. The lowest BCUT2D eigenvalue weighted by atomic mass is 9.91. The molecule has 0 spiro atoms. The molecule has 19 heavy (non-hydrogen) atoms. The number of aliphatic hydroxyl groups is 1. The van der Waals surface area contributed by atoms with Gasteiger partial charge in [0.05, 0.1) is 6.61 Å². The highest BCUT2D eigenvalue weighted by Crippen LogP contribution is 2.23. The van der Waals surface area contributed by atoms with E-state index in [0.29, 0.717) is 5.92 Å². The van der Waals surface area contributed by atoms with Crippen LogP contribution in [0.4, 0.5) is 0 Å². The van der Waals surface area contributed by atoms with Gasteiger partial charge in [0.1, 0.15) is 0 Å². The molecule has 0 bridgehead atoms. The average molecular weight is 254 g/mol. The van der Waals surface area contributed by atoms with E-state index < -0.39 is 0 Å². The van der Waals surface area contributed by atoms with E-state index in [1.807, 2.05) is 18.2 Å². The molecule has 0 aliphatic rings. The van der Waals surface area contributed by atoms with Crippen LogP contribution in [0, 0.1) is 0 Å². The largest absolute Gasteiger partial charge is 0.396 e. The van der Waals surface area contributed by atoms with Crippen LogP contribution in [0.5, 0.6) is 0 Å². The fraction of sp³-hybridized carbons (Fsp3) is 0.333. The Kier molecular flexibility index (Phi) is 4.75. The topological polar surface area (TPSA) is 20.2 Å². The third-order valence-corrected chi connectivity index (χ3v) is 3.62. The first-order valence-electron chi connectivity index (χ1n) is 6.95. The zero-order valence-corrected chi connectivity index (χ0v) is 11.7. The van der Waals surface area contributed by atoms with E-state index in [1.165, 1.54) is 16.7 Å². The SMILES string of the molecule is CC(C)c1ccc(C(CO)Cc2ccccc2)cc1. The smallest absolute Gasteiger partial charge is 0.0502 e. The van der Waals surface area contributed by atoms with Crippen LogP contribution in [-0.2, 0) is 6.42 Å². The maximum absolute atomic E-state index is 9.62. The van der Waals surface area contributed by atoms with E-state index in [2.05, 4.69) is 50.2 Å². The zero-order valence-electron chi connectivity index (χ0n) is 11.7. The normalized spacial score (nSPS) is 12.6. The van der Waals surface area contributed by atoms with Gasteiger partial charge in [0.15, 0.2) is 0 Å². The molecule has 2 aromatic carbocycles. The third kappa shape index (κ3) is 3.68. The summed E-state index contributed by atoms with van der Waals surface area (Å²) in [5.41, 5.74) is 3.84. The molecule has 1 nitrogen and oxygen atoms in total. The second kappa shape index (κ2) is 6.53. The van der Waals surface area contributed by atoms with Gasteiger partial charge in [-0.1, -0.05) is 68.4 Å². The van der Waals surface area contributed by atoms with E-state index in [4.69, 9.17) is 0 Å². The standard InChI is InChI=1S/C18H22O/c1-14(2)16-8-10-17(11-9-16)18(13-19)12-15-6-4-3-5-7-15/h3-11,14,18-19H,12-13H2,1-2H3. The molecule has 0 fully saturated rings. The summed E-state index contributed by atoms with van der Waals surface area (Å²) in [6.07, 6.45) is 0.887. The fourth-order valence-corrected chi connectivity index (χ4v) is 2.34. The van der Waals surface area contributed by atoms with Gasteiger partial charge < -0.3 is 5.11 Å². The number of hydrogen-bond acceptors (Lipinski definition) is 1. The van der Waals surface area contributed by atoms with E-state index in [-0.39, 0.29) is 12.5 Å². The molecular weight excluding hydrogens is 232 g/mol. The van der Waals surface area contributed by atoms with Crippen LogP contribution in [0.1, 0.15) is 42.4 Å². The van der Waals surface area contributed by atoms with Crippen molar-refractivity contribution >= 4 is 0 Å². The van der Waals surface area contributed by atoms with Crippen LogP contribution in [0.15, 0.2) is 54.6 Å². The Morgan fingerprint density at radius 3 is 1.95 bits per heavy atom. The first-order valence-corrected chi connectivity index (χ1v) is 6.95. The first kappa shape index (κ1) is 13.8. The molecule has 0 radical (unpaired) electrons. The number of rotatable bonds is 5. The molecule has 100 valence electrons. The van der Waals surface area contributed by atoms with Crippen LogP contribution < -0.4 is 0 Å². The zero-order chi connectivity index (χ0) is 13.7. The highest BCUT2D eigenvalue weighted by atomic mass is 16.3. The molecule has 0 saturated heterocycles. The Balaban J connectivity index is 2.13. The summed E-state index contributed by atoms with van der Waals surface area (Å²) >= 11 is 0. The molecule has 0 saturated carbocycles. The van der Waals surface area contributed by atoms with Crippen LogP contribution in [0.25, 0.3) is 0 Å². The molecule has 0 aliphatic heterocycles. The minimum absolute atomic E-state index is 0.184. The lowest BCUT2D eigenvalue weighted by Gasteiger charge is -2.16. The maximum Gasteiger partial charge on any atom is 0.0502 e. The Morgan fingerprint density at radius 2 is 1.42 bits per heavy atom. The second-order valence-corrected chi connectivity index (χ2v) is 5.39. The van der Waals surface area contributed by atoms with E-state index in [1.54, 1.807) is 0 Å². The molecular formula is C18H22O. The Labute approximate surface area is 115 Å². The lowest BCUT2D eigenvalue weighted by molar-refractivity contribution is 0.264. The molecule has 0 amide bonds. The molecule has 0 aromatic heterocycles. The third-order valence-electron chi connectivity index (χ3n) is 3.62. The monoisotopic (exact) mass is 254 g/mol. The molecule has 2 rings (SSSR count). The summed E-state index contributed by atoms with van der Waals surface area (Å²) in [7, 11) is 0. The van der Waals surface area contributed by atoms with Gasteiger partial charge >= 0.3 is 0 Å². The van der Waals surface area contributed by atoms with Crippen molar-refractivity contribution in [1.29, 1.82) is 0 Å². The van der Waals surface area contributed by atoms with Gasteiger partial charge in [-0.15, -0.1) is 0 Å². The van der Waals surface area contributed by atoms with Crippen molar-refractivity contribution < 1.29 is 5.11 Å². The molecule has 1 N–H and O–H groups in total. The highest BCUT2D eigenvalue weighted by Gasteiger charge is 2.11. The Hall–Kier alpha value is -1.60. The predicted octanol–water partition coefficient (Wildman–Crippen LogP) is 4.13. The van der Waals surface area contributed by atoms with Crippen LogP contribution in [-0.4, -0.2) is 11.7 Å².